The summed E-state index contributed by atoms with van der Waals surface area (Å²) in [4.78, 5) is 0.559. The van der Waals surface area contributed by atoms with Gasteiger partial charge >= 0.3 is 0 Å². The standard InChI is InChI=1S/C12H12FNO2S2/c1-9(11-6-4-8-17-11)14-18(15,16)12-7-3-2-5-10(12)13/h2-9,14H,1H3/t9-/m1/s1. The maximum Gasteiger partial charge on any atom is 0.244 e. The molecule has 0 aliphatic rings. The Kier molecular flexibility index (Phi) is 3.79. The van der Waals surface area contributed by atoms with Gasteiger partial charge in [-0.05, 0) is 30.5 Å². The van der Waals surface area contributed by atoms with Crippen molar-refractivity contribution in [3.8, 4) is 0 Å². The molecule has 0 saturated carbocycles. The van der Waals surface area contributed by atoms with Crippen LogP contribution in [0.5, 0.6) is 0 Å². The zero-order valence-electron chi connectivity index (χ0n) is 9.63. The van der Waals surface area contributed by atoms with E-state index in [0.717, 1.165) is 10.9 Å². The van der Waals surface area contributed by atoms with Crippen LogP contribution in [0.1, 0.15) is 17.8 Å². The molecular weight excluding hydrogens is 273 g/mol. The van der Waals surface area contributed by atoms with E-state index in [1.54, 1.807) is 6.92 Å². The first kappa shape index (κ1) is 13.2. The number of hydrogen-bond donors (Lipinski definition) is 1. The summed E-state index contributed by atoms with van der Waals surface area (Å²) in [5.74, 6) is -0.747. The molecule has 0 unspecified atom stereocenters. The van der Waals surface area contributed by atoms with Gasteiger partial charge in [-0.15, -0.1) is 11.3 Å². The van der Waals surface area contributed by atoms with Crippen molar-refractivity contribution in [1.82, 2.24) is 4.72 Å². The number of sulfonamides is 1. The summed E-state index contributed by atoms with van der Waals surface area (Å²) < 4.78 is 39.9. The van der Waals surface area contributed by atoms with E-state index >= 15 is 0 Å². The van der Waals surface area contributed by atoms with Gasteiger partial charge in [-0.1, -0.05) is 18.2 Å². The van der Waals surface area contributed by atoms with Gasteiger partial charge in [0.05, 0.1) is 6.04 Å². The number of thiophene rings is 1. The molecular formula is C12H12FNO2S2. The molecule has 0 fully saturated rings. The van der Waals surface area contributed by atoms with E-state index < -0.39 is 15.8 Å². The van der Waals surface area contributed by atoms with Gasteiger partial charge in [0.25, 0.3) is 0 Å². The molecule has 6 heteroatoms. The maximum absolute atomic E-state index is 13.5. The molecule has 2 aromatic rings. The lowest BCUT2D eigenvalue weighted by atomic mass is 10.3. The van der Waals surface area contributed by atoms with Gasteiger partial charge in [0.2, 0.25) is 10.0 Å². The summed E-state index contributed by atoms with van der Waals surface area (Å²) in [6.07, 6.45) is 0. The summed E-state index contributed by atoms with van der Waals surface area (Å²) >= 11 is 1.45. The Hall–Kier alpha value is -1.24. The Balaban J connectivity index is 2.26. The monoisotopic (exact) mass is 285 g/mol. The zero-order valence-corrected chi connectivity index (χ0v) is 11.3. The average molecular weight is 285 g/mol. The van der Waals surface area contributed by atoms with Crippen molar-refractivity contribution in [2.45, 2.75) is 17.9 Å². The van der Waals surface area contributed by atoms with Crippen molar-refractivity contribution in [3.63, 3.8) is 0 Å². The Bertz CT molecular complexity index is 623. The topological polar surface area (TPSA) is 46.2 Å². The van der Waals surface area contributed by atoms with Crippen LogP contribution in [-0.4, -0.2) is 8.42 Å². The molecule has 1 heterocycles. The smallest absolute Gasteiger partial charge is 0.207 e. The summed E-state index contributed by atoms with van der Waals surface area (Å²) in [6, 6.07) is 8.62. The molecule has 0 amide bonds. The molecule has 1 N–H and O–H groups in total. The quantitative estimate of drug-likeness (QED) is 0.939. The second-order valence-electron chi connectivity index (χ2n) is 3.79. The summed E-state index contributed by atoms with van der Waals surface area (Å²) in [5.41, 5.74) is 0. The summed E-state index contributed by atoms with van der Waals surface area (Å²) in [7, 11) is -3.83. The van der Waals surface area contributed by atoms with Crippen LogP contribution >= 0.6 is 11.3 Å². The minimum Gasteiger partial charge on any atom is -0.207 e. The van der Waals surface area contributed by atoms with E-state index in [-0.39, 0.29) is 10.9 Å². The Morgan fingerprint density at radius 2 is 1.94 bits per heavy atom. The molecule has 1 atom stereocenters. The van der Waals surface area contributed by atoms with E-state index in [0.29, 0.717) is 0 Å². The molecule has 0 aliphatic heterocycles. The van der Waals surface area contributed by atoms with Gasteiger partial charge in [-0.3, -0.25) is 0 Å². The summed E-state index contributed by atoms with van der Waals surface area (Å²) in [6.45, 7) is 1.73. The maximum atomic E-state index is 13.5. The molecule has 96 valence electrons. The fourth-order valence-corrected chi connectivity index (χ4v) is 3.67. The van der Waals surface area contributed by atoms with Crippen LogP contribution in [0.3, 0.4) is 0 Å². The second kappa shape index (κ2) is 5.17. The predicted octanol–water partition coefficient (Wildman–Crippen LogP) is 2.93. The first-order chi connectivity index (χ1) is 8.50. The van der Waals surface area contributed by atoms with Crippen LogP contribution in [0.4, 0.5) is 4.39 Å². The first-order valence-corrected chi connectivity index (χ1v) is 7.67. The minimum absolute atomic E-state index is 0.326. The van der Waals surface area contributed by atoms with Crippen LogP contribution in [0, 0.1) is 5.82 Å². The lowest BCUT2D eigenvalue weighted by molar-refractivity contribution is 0.548. The highest BCUT2D eigenvalue weighted by molar-refractivity contribution is 7.89. The number of halogens is 1. The molecule has 3 nitrogen and oxygen atoms in total. The van der Waals surface area contributed by atoms with Crippen LogP contribution in [0.25, 0.3) is 0 Å². The van der Waals surface area contributed by atoms with Crippen molar-refractivity contribution >= 4 is 21.4 Å². The lowest BCUT2D eigenvalue weighted by Crippen LogP contribution is -2.27. The van der Waals surface area contributed by atoms with Crippen LogP contribution < -0.4 is 4.72 Å². The molecule has 0 saturated heterocycles. The third kappa shape index (κ3) is 2.77. The third-order valence-corrected chi connectivity index (χ3v) is 5.06. The van der Waals surface area contributed by atoms with Gasteiger partial charge in [-0.25, -0.2) is 17.5 Å². The van der Waals surface area contributed by atoms with E-state index in [1.165, 1.54) is 29.5 Å². The third-order valence-electron chi connectivity index (χ3n) is 2.43. The Labute approximate surface area is 109 Å². The summed E-state index contributed by atoms with van der Waals surface area (Å²) in [5, 5.41) is 1.86. The molecule has 0 spiro atoms. The molecule has 0 radical (unpaired) electrons. The fourth-order valence-electron chi connectivity index (χ4n) is 1.55. The lowest BCUT2D eigenvalue weighted by Gasteiger charge is -2.13. The molecule has 0 aliphatic carbocycles. The highest BCUT2D eigenvalue weighted by Crippen LogP contribution is 2.21. The zero-order chi connectivity index (χ0) is 13.2. The van der Waals surface area contributed by atoms with Crippen molar-refractivity contribution in [2.75, 3.05) is 0 Å². The van der Waals surface area contributed by atoms with Crippen LogP contribution in [0.15, 0.2) is 46.7 Å². The van der Waals surface area contributed by atoms with Crippen LogP contribution in [-0.2, 0) is 10.0 Å². The molecule has 0 bridgehead atoms. The minimum atomic E-state index is -3.83. The Morgan fingerprint density at radius 1 is 1.22 bits per heavy atom. The molecule has 18 heavy (non-hydrogen) atoms. The predicted molar refractivity (Wildman–Crippen MR) is 69.5 cm³/mol. The number of benzene rings is 1. The molecule has 1 aromatic heterocycles. The largest absolute Gasteiger partial charge is 0.244 e. The van der Waals surface area contributed by atoms with Crippen molar-refractivity contribution < 1.29 is 12.8 Å². The van der Waals surface area contributed by atoms with Crippen molar-refractivity contribution in [1.29, 1.82) is 0 Å². The van der Waals surface area contributed by atoms with Gasteiger partial charge in [0.15, 0.2) is 0 Å². The highest BCUT2D eigenvalue weighted by atomic mass is 32.2. The van der Waals surface area contributed by atoms with Crippen molar-refractivity contribution in [3.05, 3.63) is 52.5 Å². The number of hydrogen-bond acceptors (Lipinski definition) is 3. The SMILES string of the molecule is C[C@@H](NS(=O)(=O)c1ccccc1F)c1cccs1. The number of nitrogens with one attached hydrogen (secondary N) is 1. The van der Waals surface area contributed by atoms with Gasteiger partial charge in [-0.2, -0.15) is 0 Å². The second-order valence-corrected chi connectivity index (χ2v) is 6.45. The van der Waals surface area contributed by atoms with Crippen LogP contribution in [0.2, 0.25) is 0 Å². The van der Waals surface area contributed by atoms with Gasteiger partial charge in [0.1, 0.15) is 10.7 Å². The van der Waals surface area contributed by atoms with Gasteiger partial charge in [0, 0.05) is 4.88 Å². The number of rotatable bonds is 4. The molecule has 2 rings (SSSR count). The van der Waals surface area contributed by atoms with E-state index in [1.807, 2.05) is 17.5 Å². The average Bonchev–Trinajstić information content (AvgIpc) is 2.82. The van der Waals surface area contributed by atoms with E-state index in [2.05, 4.69) is 4.72 Å². The molecule has 1 aromatic carbocycles. The Morgan fingerprint density at radius 3 is 2.56 bits per heavy atom. The fraction of sp³-hybridized carbons (Fsp3) is 0.167. The first-order valence-electron chi connectivity index (χ1n) is 5.31. The normalized spacial score (nSPS) is 13.4. The van der Waals surface area contributed by atoms with E-state index in [4.69, 9.17) is 0 Å². The van der Waals surface area contributed by atoms with E-state index in [9.17, 15) is 12.8 Å². The highest BCUT2D eigenvalue weighted by Gasteiger charge is 2.21. The van der Waals surface area contributed by atoms with Crippen molar-refractivity contribution in [2.24, 2.45) is 0 Å². The van der Waals surface area contributed by atoms with Gasteiger partial charge < -0.3 is 0 Å².